The first-order chi connectivity index (χ1) is 18.6. The number of rotatable bonds is 6. The molecule has 0 aliphatic carbocycles. The zero-order valence-corrected chi connectivity index (χ0v) is 21.5. The monoisotopic (exact) mass is 506 g/mol. The fourth-order valence-electron chi connectivity index (χ4n) is 4.71. The molecule has 0 unspecified atom stereocenters. The Morgan fingerprint density at radius 3 is 1.21 bits per heavy atom. The molecule has 0 radical (unpaired) electrons. The summed E-state index contributed by atoms with van der Waals surface area (Å²) in [6.07, 6.45) is 0. The zero-order chi connectivity index (χ0) is 26.2. The van der Waals surface area contributed by atoms with E-state index in [1.54, 1.807) is 28.4 Å². The van der Waals surface area contributed by atoms with Crippen LogP contribution in [0.4, 0.5) is 23.0 Å². The third-order valence-electron chi connectivity index (χ3n) is 6.68. The Labute approximate surface area is 220 Å². The van der Waals surface area contributed by atoms with Crippen molar-refractivity contribution in [2.75, 3.05) is 39.1 Å². The van der Waals surface area contributed by atoms with Crippen LogP contribution < -0.4 is 29.6 Å². The van der Waals surface area contributed by atoms with Crippen molar-refractivity contribution in [3.63, 3.8) is 0 Å². The lowest BCUT2D eigenvalue weighted by molar-refractivity contribution is 0.406. The number of anilines is 4. The molecule has 38 heavy (non-hydrogen) atoms. The minimum Gasteiger partial charge on any atom is -0.497 e. The smallest absolute Gasteiger partial charge is 0.174 e. The summed E-state index contributed by atoms with van der Waals surface area (Å²) < 4.78 is 21.9. The average Bonchev–Trinajstić information content (AvgIpc) is 2.98. The van der Waals surface area contributed by atoms with Crippen LogP contribution in [-0.2, 0) is 0 Å². The highest BCUT2D eigenvalue weighted by atomic mass is 16.5. The van der Waals surface area contributed by atoms with Gasteiger partial charge in [-0.15, -0.1) is 0 Å². The Morgan fingerprint density at radius 1 is 0.474 bits per heavy atom. The van der Waals surface area contributed by atoms with Crippen LogP contribution >= 0.6 is 0 Å². The van der Waals surface area contributed by atoms with Crippen molar-refractivity contribution in [2.24, 2.45) is 0 Å². The van der Waals surface area contributed by atoms with E-state index in [0.29, 0.717) is 23.1 Å². The highest BCUT2D eigenvalue weighted by Crippen LogP contribution is 2.48. The average molecular weight is 507 g/mol. The van der Waals surface area contributed by atoms with Crippen LogP contribution in [0, 0.1) is 0 Å². The Hall–Kier alpha value is -4.98. The van der Waals surface area contributed by atoms with Gasteiger partial charge in [-0.25, -0.2) is 9.97 Å². The van der Waals surface area contributed by atoms with E-state index in [9.17, 15) is 0 Å². The molecule has 6 rings (SSSR count). The van der Waals surface area contributed by atoms with Gasteiger partial charge in [0.05, 0.1) is 39.5 Å². The summed E-state index contributed by atoms with van der Waals surface area (Å²) in [5.74, 6) is 4.11. The van der Waals surface area contributed by atoms with E-state index in [2.05, 4.69) is 22.8 Å². The Morgan fingerprint density at radius 2 is 0.868 bits per heavy atom. The number of nitrogens with one attached hydrogen (secondary N) is 2. The molecular weight excluding hydrogens is 480 g/mol. The molecule has 2 heterocycles. The normalized spacial score (nSPS) is 11.6. The molecule has 1 aliphatic rings. The van der Waals surface area contributed by atoms with Gasteiger partial charge in [-0.05, 0) is 47.5 Å². The van der Waals surface area contributed by atoms with Gasteiger partial charge in [-0.3, -0.25) is 0 Å². The number of fused-ring (bicyclic) bond motifs is 3. The molecule has 8 nitrogen and oxygen atoms in total. The first-order valence-electron chi connectivity index (χ1n) is 12.1. The molecule has 1 aliphatic heterocycles. The Kier molecular flexibility index (Phi) is 5.84. The van der Waals surface area contributed by atoms with Gasteiger partial charge in [0.15, 0.2) is 11.6 Å². The third-order valence-corrected chi connectivity index (χ3v) is 6.68. The van der Waals surface area contributed by atoms with Crippen molar-refractivity contribution >= 4 is 34.0 Å². The Bertz CT molecular complexity index is 1530. The number of nitrogens with zero attached hydrogens (tertiary/aromatic N) is 2. The van der Waals surface area contributed by atoms with Crippen molar-refractivity contribution in [1.82, 2.24) is 9.97 Å². The predicted octanol–water partition coefficient (Wildman–Crippen LogP) is 6.80. The number of hydrogen-bond donors (Lipinski definition) is 2. The largest absolute Gasteiger partial charge is 0.497 e. The molecule has 190 valence electrons. The van der Waals surface area contributed by atoms with E-state index in [0.717, 1.165) is 56.2 Å². The first-order valence-corrected chi connectivity index (χ1v) is 12.1. The number of ether oxygens (including phenoxy) is 4. The zero-order valence-electron chi connectivity index (χ0n) is 21.5. The molecule has 0 saturated heterocycles. The van der Waals surface area contributed by atoms with Gasteiger partial charge >= 0.3 is 0 Å². The van der Waals surface area contributed by atoms with Crippen molar-refractivity contribution in [2.45, 2.75) is 0 Å². The van der Waals surface area contributed by atoms with Crippen LogP contribution in [0.5, 0.6) is 23.0 Å². The highest BCUT2D eigenvalue weighted by Gasteiger charge is 2.26. The maximum absolute atomic E-state index is 5.60. The van der Waals surface area contributed by atoms with Gasteiger partial charge in [0, 0.05) is 11.1 Å². The van der Waals surface area contributed by atoms with Crippen LogP contribution in [-0.4, -0.2) is 38.4 Å². The Balaban J connectivity index is 1.57. The number of benzene rings is 4. The highest BCUT2D eigenvalue weighted by molar-refractivity contribution is 6.04. The first kappa shape index (κ1) is 23.4. The number of hydrogen-bond acceptors (Lipinski definition) is 8. The minimum absolute atomic E-state index is 0.596. The van der Waals surface area contributed by atoms with Gasteiger partial charge in [0.2, 0.25) is 0 Å². The fraction of sp³-hybridized carbons (Fsp3) is 0.133. The lowest BCUT2D eigenvalue weighted by atomic mass is 9.97. The van der Waals surface area contributed by atoms with E-state index < -0.39 is 0 Å². The molecule has 0 fully saturated rings. The maximum Gasteiger partial charge on any atom is 0.174 e. The number of methoxy groups -OCH3 is 4. The molecule has 5 aromatic rings. The van der Waals surface area contributed by atoms with Crippen molar-refractivity contribution in [1.29, 1.82) is 0 Å². The SMILES string of the molecule is COc1ccc(-c2ccc(-c3ccc(OC)cc3)c3nc4c(nc23)Nc2c(OC)ccc(OC)c2N4)cc1. The molecule has 4 aromatic carbocycles. The summed E-state index contributed by atoms with van der Waals surface area (Å²) in [6.45, 7) is 0. The van der Waals surface area contributed by atoms with Crippen LogP contribution in [0.15, 0.2) is 72.8 Å². The standard InChI is InChI=1S/C30H26N4O4/c1-35-19-9-5-17(6-10-19)21-13-14-22(18-7-11-20(36-2)12-8-18)26-25(21)31-29-30(32-26)34-28-24(38-4)16-15-23(37-3)27(28)33-29/h5-16H,1-4H3,(H,31,33)(H,32,34). The molecule has 0 spiro atoms. The van der Waals surface area contributed by atoms with E-state index in [-0.39, 0.29) is 0 Å². The summed E-state index contributed by atoms with van der Waals surface area (Å²) in [4.78, 5) is 10.2. The van der Waals surface area contributed by atoms with Gasteiger partial charge in [-0.1, -0.05) is 36.4 Å². The molecule has 0 atom stereocenters. The summed E-state index contributed by atoms with van der Waals surface area (Å²) in [7, 11) is 6.58. The lowest BCUT2D eigenvalue weighted by Crippen LogP contribution is -2.12. The van der Waals surface area contributed by atoms with Crippen molar-refractivity contribution in [3.8, 4) is 45.3 Å². The summed E-state index contributed by atoms with van der Waals surface area (Å²) in [5.41, 5.74) is 6.95. The lowest BCUT2D eigenvalue weighted by Gasteiger charge is -2.25. The molecule has 1 aromatic heterocycles. The van der Waals surface area contributed by atoms with Crippen LogP contribution in [0.1, 0.15) is 0 Å². The van der Waals surface area contributed by atoms with Gasteiger partial charge in [0.1, 0.15) is 34.4 Å². The van der Waals surface area contributed by atoms with E-state index >= 15 is 0 Å². The molecule has 0 amide bonds. The number of aromatic nitrogens is 2. The molecule has 2 N–H and O–H groups in total. The van der Waals surface area contributed by atoms with E-state index in [4.69, 9.17) is 28.9 Å². The molecule has 0 saturated carbocycles. The van der Waals surface area contributed by atoms with E-state index in [1.165, 1.54) is 0 Å². The topological polar surface area (TPSA) is 86.8 Å². The van der Waals surface area contributed by atoms with Gasteiger partial charge in [0.25, 0.3) is 0 Å². The molecule has 8 heteroatoms. The third kappa shape index (κ3) is 3.87. The second-order valence-electron chi connectivity index (χ2n) is 8.71. The fourth-order valence-corrected chi connectivity index (χ4v) is 4.71. The van der Waals surface area contributed by atoms with Crippen LogP contribution in [0.2, 0.25) is 0 Å². The predicted molar refractivity (Wildman–Crippen MR) is 150 cm³/mol. The molecule has 0 bridgehead atoms. The van der Waals surface area contributed by atoms with Crippen LogP contribution in [0.25, 0.3) is 33.3 Å². The second-order valence-corrected chi connectivity index (χ2v) is 8.71. The van der Waals surface area contributed by atoms with E-state index in [1.807, 2.05) is 60.7 Å². The van der Waals surface area contributed by atoms with Gasteiger partial charge < -0.3 is 29.6 Å². The summed E-state index contributed by atoms with van der Waals surface area (Å²) in [6, 6.07) is 23.7. The minimum atomic E-state index is 0.596. The van der Waals surface area contributed by atoms with Gasteiger partial charge in [-0.2, -0.15) is 0 Å². The van der Waals surface area contributed by atoms with Crippen molar-refractivity contribution < 1.29 is 18.9 Å². The maximum atomic E-state index is 5.60. The summed E-state index contributed by atoms with van der Waals surface area (Å²) >= 11 is 0. The van der Waals surface area contributed by atoms with Crippen molar-refractivity contribution in [3.05, 3.63) is 72.8 Å². The second kappa shape index (κ2) is 9.48. The summed E-state index contributed by atoms with van der Waals surface area (Å²) in [5, 5.41) is 6.84. The van der Waals surface area contributed by atoms with Crippen LogP contribution in [0.3, 0.4) is 0 Å². The molecular formula is C30H26N4O4. The quantitative estimate of drug-likeness (QED) is 0.255.